The van der Waals surface area contributed by atoms with Crippen LogP contribution < -0.4 is 5.32 Å². The highest BCUT2D eigenvalue weighted by molar-refractivity contribution is 5.03. The quantitative estimate of drug-likeness (QED) is 0.850. The predicted molar refractivity (Wildman–Crippen MR) is 76.2 cm³/mol. The molecule has 2 rings (SSSR count). The Bertz CT molecular complexity index is 391. The van der Waals surface area contributed by atoms with E-state index in [1.165, 1.54) is 0 Å². The first-order valence-electron chi connectivity index (χ1n) is 7.11. The SMILES string of the molecule is CNC(Cc1ccn(C)n1)C1CN(C(C)C)CCO1. The zero-order chi connectivity index (χ0) is 13.8. The number of rotatable bonds is 5. The van der Waals surface area contributed by atoms with E-state index in [-0.39, 0.29) is 6.10 Å². The molecule has 1 saturated heterocycles. The van der Waals surface area contributed by atoms with Crippen molar-refractivity contribution in [2.75, 3.05) is 26.7 Å². The van der Waals surface area contributed by atoms with E-state index in [1.807, 2.05) is 25.0 Å². The molecule has 1 aliphatic heterocycles. The van der Waals surface area contributed by atoms with E-state index in [1.54, 1.807) is 0 Å². The molecule has 1 aromatic rings. The number of aryl methyl sites for hydroxylation is 1. The van der Waals surface area contributed by atoms with Crippen LogP contribution in [0.2, 0.25) is 0 Å². The van der Waals surface area contributed by atoms with Gasteiger partial charge in [-0.2, -0.15) is 5.10 Å². The standard InChI is InChI=1S/C14H26N4O/c1-11(2)18-7-8-19-14(10-18)13(15-3)9-12-5-6-17(4)16-12/h5-6,11,13-15H,7-10H2,1-4H3. The van der Waals surface area contributed by atoms with Crippen molar-refractivity contribution < 1.29 is 4.74 Å². The fourth-order valence-corrected chi connectivity index (χ4v) is 2.63. The molecule has 0 bridgehead atoms. The summed E-state index contributed by atoms with van der Waals surface area (Å²) < 4.78 is 7.80. The molecule has 1 aliphatic rings. The van der Waals surface area contributed by atoms with Gasteiger partial charge in [0.25, 0.3) is 0 Å². The van der Waals surface area contributed by atoms with Crippen molar-refractivity contribution in [3.05, 3.63) is 18.0 Å². The van der Waals surface area contributed by atoms with Gasteiger partial charge in [0, 0.05) is 44.8 Å². The number of likely N-dealkylation sites (N-methyl/N-ethyl adjacent to an activating group) is 1. The van der Waals surface area contributed by atoms with Crippen LogP contribution in [0.5, 0.6) is 0 Å². The highest BCUT2D eigenvalue weighted by atomic mass is 16.5. The maximum absolute atomic E-state index is 5.95. The summed E-state index contributed by atoms with van der Waals surface area (Å²) in [6.45, 7) is 7.35. The number of ether oxygens (including phenoxy) is 1. The summed E-state index contributed by atoms with van der Waals surface area (Å²) in [5.41, 5.74) is 1.12. The van der Waals surface area contributed by atoms with Crippen LogP contribution in [0.25, 0.3) is 0 Å². The second-order valence-corrected chi connectivity index (χ2v) is 5.58. The zero-order valence-electron chi connectivity index (χ0n) is 12.5. The number of nitrogens with zero attached hydrogens (tertiary/aromatic N) is 3. The van der Waals surface area contributed by atoms with Crippen LogP contribution >= 0.6 is 0 Å². The van der Waals surface area contributed by atoms with E-state index in [4.69, 9.17) is 4.74 Å². The van der Waals surface area contributed by atoms with Crippen molar-refractivity contribution in [2.24, 2.45) is 7.05 Å². The molecule has 5 heteroatoms. The van der Waals surface area contributed by atoms with Gasteiger partial charge >= 0.3 is 0 Å². The zero-order valence-corrected chi connectivity index (χ0v) is 12.5. The lowest BCUT2D eigenvalue weighted by Crippen LogP contribution is -2.53. The van der Waals surface area contributed by atoms with E-state index in [0.717, 1.165) is 31.8 Å². The van der Waals surface area contributed by atoms with Gasteiger partial charge in [0.2, 0.25) is 0 Å². The molecule has 1 N–H and O–H groups in total. The first-order chi connectivity index (χ1) is 9.10. The maximum atomic E-state index is 5.95. The molecule has 0 saturated carbocycles. The van der Waals surface area contributed by atoms with Gasteiger partial charge in [0.05, 0.1) is 18.4 Å². The monoisotopic (exact) mass is 266 g/mol. The molecule has 0 aromatic carbocycles. The lowest BCUT2D eigenvalue weighted by Gasteiger charge is -2.38. The Hall–Kier alpha value is -0.910. The van der Waals surface area contributed by atoms with Crippen LogP contribution in [0.15, 0.2) is 12.3 Å². The summed E-state index contributed by atoms with van der Waals surface area (Å²) in [5, 5.41) is 7.84. The Morgan fingerprint density at radius 3 is 2.89 bits per heavy atom. The largest absolute Gasteiger partial charge is 0.374 e. The van der Waals surface area contributed by atoms with Crippen molar-refractivity contribution in [3.63, 3.8) is 0 Å². The molecule has 0 aliphatic carbocycles. The average molecular weight is 266 g/mol. The van der Waals surface area contributed by atoms with Crippen molar-refractivity contribution in [1.29, 1.82) is 0 Å². The normalized spacial score (nSPS) is 22.9. The Kier molecular flexibility index (Phi) is 4.96. The maximum Gasteiger partial charge on any atom is 0.0859 e. The van der Waals surface area contributed by atoms with Gasteiger partial charge in [-0.3, -0.25) is 9.58 Å². The molecular formula is C14H26N4O. The van der Waals surface area contributed by atoms with E-state index < -0.39 is 0 Å². The Morgan fingerprint density at radius 1 is 1.53 bits per heavy atom. The van der Waals surface area contributed by atoms with Gasteiger partial charge in [-0.1, -0.05) is 0 Å². The van der Waals surface area contributed by atoms with Gasteiger partial charge in [-0.25, -0.2) is 0 Å². The third-order valence-corrected chi connectivity index (χ3v) is 3.87. The van der Waals surface area contributed by atoms with Gasteiger partial charge in [-0.05, 0) is 27.0 Å². The molecule has 2 atom stereocenters. The lowest BCUT2D eigenvalue weighted by molar-refractivity contribution is -0.0543. The average Bonchev–Trinajstić information content (AvgIpc) is 2.81. The van der Waals surface area contributed by atoms with Gasteiger partial charge in [-0.15, -0.1) is 0 Å². The van der Waals surface area contributed by atoms with Crippen molar-refractivity contribution >= 4 is 0 Å². The summed E-state index contributed by atoms with van der Waals surface area (Å²) >= 11 is 0. The van der Waals surface area contributed by atoms with E-state index >= 15 is 0 Å². The number of hydrogen-bond acceptors (Lipinski definition) is 4. The number of morpholine rings is 1. The Labute approximate surface area is 115 Å². The predicted octanol–water partition coefficient (Wildman–Crippen LogP) is 0.660. The van der Waals surface area contributed by atoms with Crippen molar-refractivity contribution in [2.45, 2.75) is 38.5 Å². The van der Waals surface area contributed by atoms with Crippen LogP contribution in [0.4, 0.5) is 0 Å². The molecule has 5 nitrogen and oxygen atoms in total. The minimum atomic E-state index is 0.239. The minimum absolute atomic E-state index is 0.239. The number of hydrogen-bond donors (Lipinski definition) is 1. The summed E-state index contributed by atoms with van der Waals surface area (Å²) in [5.74, 6) is 0. The summed E-state index contributed by atoms with van der Waals surface area (Å²) in [4.78, 5) is 2.48. The second-order valence-electron chi connectivity index (χ2n) is 5.58. The van der Waals surface area contributed by atoms with Crippen molar-refractivity contribution in [3.8, 4) is 0 Å². The third-order valence-electron chi connectivity index (χ3n) is 3.87. The summed E-state index contributed by atoms with van der Waals surface area (Å²) in [6.07, 6.45) is 3.14. The highest BCUT2D eigenvalue weighted by Gasteiger charge is 2.28. The van der Waals surface area contributed by atoms with Crippen LogP contribution in [0.3, 0.4) is 0 Å². The minimum Gasteiger partial charge on any atom is -0.374 e. The second kappa shape index (κ2) is 6.50. The van der Waals surface area contributed by atoms with Crippen LogP contribution in [0.1, 0.15) is 19.5 Å². The molecule has 1 fully saturated rings. The van der Waals surface area contributed by atoms with Gasteiger partial charge in [0.15, 0.2) is 0 Å². The first-order valence-corrected chi connectivity index (χ1v) is 7.11. The van der Waals surface area contributed by atoms with Crippen LogP contribution in [0, 0.1) is 0 Å². The number of aromatic nitrogens is 2. The van der Waals surface area contributed by atoms with E-state index in [2.05, 4.69) is 35.2 Å². The fraction of sp³-hybridized carbons (Fsp3) is 0.786. The first kappa shape index (κ1) is 14.5. The topological polar surface area (TPSA) is 42.3 Å². The Morgan fingerprint density at radius 2 is 2.32 bits per heavy atom. The number of nitrogens with one attached hydrogen (secondary N) is 1. The van der Waals surface area contributed by atoms with Crippen LogP contribution in [-0.2, 0) is 18.2 Å². The fourth-order valence-electron chi connectivity index (χ4n) is 2.63. The van der Waals surface area contributed by atoms with Crippen LogP contribution in [-0.4, -0.2) is 59.6 Å². The molecular weight excluding hydrogens is 240 g/mol. The highest BCUT2D eigenvalue weighted by Crippen LogP contribution is 2.14. The van der Waals surface area contributed by atoms with Gasteiger partial charge < -0.3 is 10.1 Å². The van der Waals surface area contributed by atoms with E-state index in [9.17, 15) is 0 Å². The molecule has 1 aromatic heterocycles. The lowest BCUT2D eigenvalue weighted by atomic mass is 10.0. The smallest absolute Gasteiger partial charge is 0.0859 e. The van der Waals surface area contributed by atoms with E-state index in [0.29, 0.717) is 12.1 Å². The van der Waals surface area contributed by atoms with Crippen molar-refractivity contribution in [1.82, 2.24) is 20.0 Å². The molecule has 108 valence electrons. The summed E-state index contributed by atoms with van der Waals surface area (Å²) in [6, 6.07) is 2.98. The molecule has 19 heavy (non-hydrogen) atoms. The molecule has 0 amide bonds. The third kappa shape index (κ3) is 3.78. The molecule has 0 radical (unpaired) electrons. The van der Waals surface area contributed by atoms with Gasteiger partial charge in [0.1, 0.15) is 0 Å². The molecule has 2 unspecified atom stereocenters. The molecule has 0 spiro atoms. The Balaban J connectivity index is 1.96. The summed E-state index contributed by atoms with van der Waals surface area (Å²) in [7, 11) is 3.96. The molecule has 2 heterocycles.